The Kier molecular flexibility index (Phi) is 9.25. The summed E-state index contributed by atoms with van der Waals surface area (Å²) in [5, 5.41) is 20.6. The number of nitriles is 2. The minimum Gasteiger partial charge on any atom is -0.318 e. The van der Waals surface area contributed by atoms with Crippen LogP contribution in [0, 0.1) is 29.6 Å². The Morgan fingerprint density at radius 2 is 1.27 bits per heavy atom. The molecule has 0 unspecified atom stereocenters. The highest BCUT2D eigenvalue weighted by Gasteiger charge is 2.39. The number of hydrogen-bond acceptors (Lipinski definition) is 4. The number of benzene rings is 2. The van der Waals surface area contributed by atoms with E-state index < -0.39 is 24.2 Å². The lowest BCUT2D eigenvalue weighted by Crippen LogP contribution is -2.30. The predicted octanol–water partition coefficient (Wildman–Crippen LogP) is 5.17. The lowest BCUT2D eigenvalue weighted by molar-refractivity contribution is -0.167. The van der Waals surface area contributed by atoms with Gasteiger partial charge >= 0.3 is 24.2 Å². The van der Waals surface area contributed by atoms with Gasteiger partial charge in [-0.25, -0.2) is 0 Å². The Balaban J connectivity index is 0.000000331. The summed E-state index contributed by atoms with van der Waals surface area (Å²) in [6.45, 7) is 1.51. The fraction of sp³-hybridized carbons (Fsp3) is 0.200. The van der Waals surface area contributed by atoms with E-state index in [0.29, 0.717) is 11.1 Å². The van der Waals surface area contributed by atoms with Crippen molar-refractivity contribution in [3.05, 3.63) is 58.7 Å². The van der Waals surface area contributed by atoms with Crippen LogP contribution in [0.1, 0.15) is 22.3 Å². The molecule has 2 aromatic carbocycles. The predicted molar refractivity (Wildman–Crippen MR) is 106 cm³/mol. The third-order valence-corrected chi connectivity index (χ3v) is 4.03. The summed E-state index contributed by atoms with van der Waals surface area (Å²) in [4.78, 5) is 21.4. The maximum atomic E-state index is 12.0. The average molecular weight is 491 g/mol. The zero-order valence-electron chi connectivity index (χ0n) is 16.5. The number of nitrogens with one attached hydrogen (secondary N) is 2. The second-order valence-electron chi connectivity index (χ2n) is 6.16. The topological polar surface area (TPSA) is 106 Å². The number of hydrogen-bond donors (Lipinski definition) is 2. The van der Waals surface area contributed by atoms with Gasteiger partial charge in [0, 0.05) is 17.3 Å². The zero-order chi connectivity index (χ0) is 25.4. The molecular weight excluding hydrogens is 478 g/mol. The molecule has 0 saturated heterocycles. The average Bonchev–Trinajstić information content (AvgIpc) is 2.74. The molecule has 0 fully saturated rings. The molecule has 2 amide bonds. The number of halogens is 7. The van der Waals surface area contributed by atoms with E-state index in [1.54, 1.807) is 10.6 Å². The van der Waals surface area contributed by atoms with E-state index in [9.17, 15) is 35.9 Å². The molecule has 13 heteroatoms. The van der Waals surface area contributed by atoms with Crippen LogP contribution >= 0.6 is 11.6 Å². The van der Waals surface area contributed by atoms with Gasteiger partial charge in [0.1, 0.15) is 0 Å². The van der Waals surface area contributed by atoms with Crippen molar-refractivity contribution < 1.29 is 35.9 Å². The van der Waals surface area contributed by atoms with Crippen molar-refractivity contribution in [3.63, 3.8) is 0 Å². The SMILES string of the molecule is Cc1cc(C#N)ccc1NC(=O)C(F)(F)F.N#Cc1ccc(NC(=O)C(F)(F)F)c(CCl)c1. The van der Waals surface area contributed by atoms with Crippen LogP contribution in [0.3, 0.4) is 0 Å². The van der Waals surface area contributed by atoms with Crippen molar-refractivity contribution in [1.29, 1.82) is 10.5 Å². The maximum absolute atomic E-state index is 12.0. The number of amides is 2. The first-order chi connectivity index (χ1) is 15.2. The molecule has 0 atom stereocenters. The van der Waals surface area contributed by atoms with Gasteiger partial charge in [-0.15, -0.1) is 11.6 Å². The van der Waals surface area contributed by atoms with E-state index in [4.69, 9.17) is 22.1 Å². The molecule has 33 heavy (non-hydrogen) atoms. The van der Waals surface area contributed by atoms with Crippen molar-refractivity contribution >= 4 is 34.8 Å². The molecule has 0 heterocycles. The minimum atomic E-state index is -4.96. The third-order valence-electron chi connectivity index (χ3n) is 3.75. The summed E-state index contributed by atoms with van der Waals surface area (Å²) in [6.07, 6.45) is -9.88. The van der Waals surface area contributed by atoms with E-state index in [2.05, 4.69) is 0 Å². The summed E-state index contributed by atoms with van der Waals surface area (Å²) in [7, 11) is 0. The Bertz CT molecular complexity index is 1120. The first-order valence-corrected chi connectivity index (χ1v) is 9.12. The number of nitrogens with zero attached hydrogens (tertiary/aromatic N) is 2. The molecule has 2 rings (SSSR count). The monoisotopic (exact) mass is 490 g/mol. The summed E-state index contributed by atoms with van der Waals surface area (Å²) < 4.78 is 71.9. The van der Waals surface area contributed by atoms with Crippen molar-refractivity contribution in [2.75, 3.05) is 10.6 Å². The molecule has 2 aromatic rings. The highest BCUT2D eigenvalue weighted by atomic mass is 35.5. The Labute approximate surface area is 188 Å². The van der Waals surface area contributed by atoms with Crippen molar-refractivity contribution in [1.82, 2.24) is 0 Å². The summed E-state index contributed by atoms with van der Waals surface area (Å²) >= 11 is 5.52. The molecule has 6 nitrogen and oxygen atoms in total. The van der Waals surface area contributed by atoms with Gasteiger partial charge < -0.3 is 10.6 Å². The first-order valence-electron chi connectivity index (χ1n) is 8.59. The van der Waals surface area contributed by atoms with Gasteiger partial charge in [0.05, 0.1) is 23.3 Å². The largest absolute Gasteiger partial charge is 0.471 e. The van der Waals surface area contributed by atoms with E-state index >= 15 is 0 Å². The summed E-state index contributed by atoms with van der Waals surface area (Å²) in [5.41, 5.74) is 1.22. The van der Waals surface area contributed by atoms with E-state index in [1.165, 1.54) is 43.3 Å². The standard InChI is InChI=1S/C10H6ClF3N2O.C10H7F3N2O/c11-4-7-3-6(5-15)1-2-8(7)16-9(17)10(12,13)14;1-6-4-7(5-14)2-3-8(6)15-9(16)10(11,12)13/h1-3H,4H2,(H,16,17);2-4H,1H3,(H,15,16). The normalized spacial score (nSPS) is 10.7. The van der Waals surface area contributed by atoms with Gasteiger partial charge in [0.25, 0.3) is 0 Å². The van der Waals surface area contributed by atoms with Crippen LogP contribution in [0.5, 0.6) is 0 Å². The van der Waals surface area contributed by atoms with Crippen molar-refractivity contribution in [3.8, 4) is 12.1 Å². The van der Waals surface area contributed by atoms with Crippen LogP contribution in [-0.4, -0.2) is 24.2 Å². The second-order valence-corrected chi connectivity index (χ2v) is 6.43. The maximum Gasteiger partial charge on any atom is 0.471 e. The van der Waals surface area contributed by atoms with Crippen LogP contribution < -0.4 is 10.6 Å². The summed E-state index contributed by atoms with van der Waals surface area (Å²) in [5.74, 6) is -4.21. The molecule has 0 bridgehead atoms. The van der Waals surface area contributed by atoms with Gasteiger partial charge in [0.15, 0.2) is 0 Å². The smallest absolute Gasteiger partial charge is 0.318 e. The third kappa shape index (κ3) is 8.35. The lowest BCUT2D eigenvalue weighted by Gasteiger charge is -2.11. The van der Waals surface area contributed by atoms with Crippen LogP contribution in [0.4, 0.5) is 37.7 Å². The van der Waals surface area contributed by atoms with E-state index in [-0.39, 0.29) is 28.4 Å². The van der Waals surface area contributed by atoms with E-state index in [0.717, 1.165) is 0 Å². The quantitative estimate of drug-likeness (QED) is 0.457. The number of aryl methyl sites for hydroxylation is 1. The number of alkyl halides is 7. The number of anilines is 2. The molecule has 2 N–H and O–H groups in total. The molecule has 174 valence electrons. The highest BCUT2D eigenvalue weighted by Crippen LogP contribution is 2.23. The van der Waals surface area contributed by atoms with Crippen LogP contribution in [-0.2, 0) is 15.5 Å². The molecule has 0 aliphatic heterocycles. The van der Waals surface area contributed by atoms with Gasteiger partial charge in [-0.3, -0.25) is 9.59 Å². The zero-order valence-corrected chi connectivity index (χ0v) is 17.3. The molecule has 0 aromatic heterocycles. The minimum absolute atomic E-state index is 0.0429. The number of carbonyl (C=O) groups is 2. The van der Waals surface area contributed by atoms with Gasteiger partial charge in [-0.2, -0.15) is 36.9 Å². The highest BCUT2D eigenvalue weighted by molar-refractivity contribution is 6.17. The Morgan fingerprint density at radius 3 is 1.67 bits per heavy atom. The molecule has 0 spiro atoms. The van der Waals surface area contributed by atoms with Crippen LogP contribution in [0.2, 0.25) is 0 Å². The van der Waals surface area contributed by atoms with Crippen molar-refractivity contribution in [2.45, 2.75) is 25.2 Å². The van der Waals surface area contributed by atoms with Crippen LogP contribution in [0.15, 0.2) is 36.4 Å². The molecule has 0 aliphatic carbocycles. The van der Waals surface area contributed by atoms with Gasteiger partial charge in [-0.05, 0) is 54.4 Å². The summed E-state index contributed by atoms with van der Waals surface area (Å²) in [6, 6.07) is 11.5. The lowest BCUT2D eigenvalue weighted by atomic mass is 10.1. The van der Waals surface area contributed by atoms with Crippen molar-refractivity contribution in [2.24, 2.45) is 0 Å². The molecular formula is C20H13ClF6N4O2. The molecule has 0 radical (unpaired) electrons. The molecule has 0 saturated carbocycles. The number of carbonyl (C=O) groups excluding carboxylic acids is 2. The fourth-order valence-electron chi connectivity index (χ4n) is 2.16. The van der Waals surface area contributed by atoms with E-state index in [1.807, 2.05) is 12.1 Å². The Morgan fingerprint density at radius 1 is 0.848 bits per heavy atom. The number of rotatable bonds is 3. The fourth-order valence-corrected chi connectivity index (χ4v) is 2.38. The van der Waals surface area contributed by atoms with Gasteiger partial charge in [-0.1, -0.05) is 0 Å². The molecule has 0 aliphatic rings. The first kappa shape index (κ1) is 27.3. The second kappa shape index (κ2) is 11.2. The van der Waals surface area contributed by atoms with Crippen LogP contribution in [0.25, 0.3) is 0 Å². The Hall–Kier alpha value is -3.77. The van der Waals surface area contributed by atoms with Gasteiger partial charge in [0.2, 0.25) is 0 Å².